The van der Waals surface area contributed by atoms with Gasteiger partial charge in [-0.1, -0.05) is 6.92 Å². The van der Waals surface area contributed by atoms with E-state index in [1.165, 1.54) is 22.8 Å². The molecule has 0 fully saturated rings. The van der Waals surface area contributed by atoms with Crippen LogP contribution >= 0.6 is 11.3 Å². The molecule has 4 nitrogen and oxygen atoms in total. The van der Waals surface area contributed by atoms with E-state index in [1.54, 1.807) is 0 Å². The fourth-order valence-corrected chi connectivity index (χ4v) is 3.95. The van der Waals surface area contributed by atoms with E-state index in [9.17, 15) is 17.2 Å². The zero-order chi connectivity index (χ0) is 15.5. The van der Waals surface area contributed by atoms with Crippen molar-refractivity contribution in [1.82, 2.24) is 5.32 Å². The summed E-state index contributed by atoms with van der Waals surface area (Å²) in [5.74, 6) is -1.68. The summed E-state index contributed by atoms with van der Waals surface area (Å²) in [5, 5.41) is 4.58. The minimum atomic E-state index is -3.85. The van der Waals surface area contributed by atoms with Crippen LogP contribution < -0.4 is 10.0 Å². The second-order valence-electron chi connectivity index (χ2n) is 4.29. The quantitative estimate of drug-likeness (QED) is 0.855. The van der Waals surface area contributed by atoms with Gasteiger partial charge >= 0.3 is 0 Å². The largest absolute Gasteiger partial charge is 0.312 e. The molecule has 2 rings (SSSR count). The molecule has 8 heteroatoms. The summed E-state index contributed by atoms with van der Waals surface area (Å²) in [5.41, 5.74) is -0.146. The molecule has 21 heavy (non-hydrogen) atoms. The van der Waals surface area contributed by atoms with E-state index in [-0.39, 0.29) is 10.6 Å². The Kier molecular flexibility index (Phi) is 4.92. The Morgan fingerprint density at radius 1 is 1.14 bits per heavy atom. The molecule has 1 heterocycles. The van der Waals surface area contributed by atoms with Gasteiger partial charge in [-0.3, -0.25) is 4.72 Å². The summed E-state index contributed by atoms with van der Waals surface area (Å²) in [6, 6.07) is 4.06. The number of sulfonamides is 1. The average molecular weight is 332 g/mol. The Labute approximate surface area is 125 Å². The van der Waals surface area contributed by atoms with Crippen molar-refractivity contribution in [2.75, 3.05) is 11.3 Å². The number of nitrogens with one attached hydrogen (secondary N) is 2. The van der Waals surface area contributed by atoms with Crippen molar-refractivity contribution < 1.29 is 17.2 Å². The number of thiophene rings is 1. The summed E-state index contributed by atoms with van der Waals surface area (Å²) in [4.78, 5) is 0.938. The van der Waals surface area contributed by atoms with Gasteiger partial charge in [0.25, 0.3) is 10.0 Å². The first kappa shape index (κ1) is 15.9. The standard InChI is InChI=1S/C13H14F2N2O2S2/c1-2-16-7-12-6-13(8-20-12)21(18,19)17-11-4-9(14)3-10(15)5-11/h3-6,8,16-17H,2,7H2,1H3. The van der Waals surface area contributed by atoms with Crippen molar-refractivity contribution in [3.63, 3.8) is 0 Å². The van der Waals surface area contributed by atoms with Gasteiger partial charge in [-0.15, -0.1) is 11.3 Å². The Bertz CT molecular complexity index is 709. The van der Waals surface area contributed by atoms with Crippen LogP contribution in [0.15, 0.2) is 34.5 Å². The van der Waals surface area contributed by atoms with Crippen LogP contribution in [-0.4, -0.2) is 15.0 Å². The summed E-state index contributed by atoms with van der Waals surface area (Å²) in [6.45, 7) is 3.30. The van der Waals surface area contributed by atoms with Crippen molar-refractivity contribution in [2.45, 2.75) is 18.4 Å². The van der Waals surface area contributed by atoms with E-state index in [2.05, 4.69) is 10.0 Å². The normalized spacial score (nSPS) is 11.6. The molecule has 0 spiro atoms. The van der Waals surface area contributed by atoms with Crippen molar-refractivity contribution in [1.29, 1.82) is 0 Å². The van der Waals surface area contributed by atoms with Gasteiger partial charge in [0.1, 0.15) is 11.6 Å². The maximum atomic E-state index is 13.1. The molecule has 0 radical (unpaired) electrons. The van der Waals surface area contributed by atoms with Crippen LogP contribution in [0.5, 0.6) is 0 Å². The van der Waals surface area contributed by atoms with Gasteiger partial charge in [0, 0.05) is 22.9 Å². The SMILES string of the molecule is CCNCc1cc(S(=O)(=O)Nc2cc(F)cc(F)c2)cs1. The number of rotatable bonds is 6. The molecule has 0 aliphatic rings. The van der Waals surface area contributed by atoms with Crippen molar-refractivity contribution in [3.8, 4) is 0 Å². The molecular weight excluding hydrogens is 318 g/mol. The molecule has 0 aliphatic heterocycles. The second-order valence-corrected chi connectivity index (χ2v) is 6.97. The first-order valence-corrected chi connectivity index (χ1v) is 8.54. The van der Waals surface area contributed by atoms with Crippen LogP contribution in [0.4, 0.5) is 14.5 Å². The molecule has 0 saturated carbocycles. The van der Waals surface area contributed by atoms with Crippen LogP contribution in [0.25, 0.3) is 0 Å². The van der Waals surface area contributed by atoms with Crippen molar-refractivity contribution >= 4 is 27.0 Å². The third-order valence-corrected chi connectivity index (χ3v) is 5.05. The van der Waals surface area contributed by atoms with Gasteiger partial charge in [-0.25, -0.2) is 17.2 Å². The minimum Gasteiger partial charge on any atom is -0.312 e. The third-order valence-electron chi connectivity index (χ3n) is 2.60. The Hall–Kier alpha value is -1.51. The zero-order valence-corrected chi connectivity index (χ0v) is 12.8. The van der Waals surface area contributed by atoms with Gasteiger partial charge < -0.3 is 5.32 Å². The molecular formula is C13H14F2N2O2S2. The molecule has 2 aromatic rings. The highest BCUT2D eigenvalue weighted by atomic mass is 32.2. The Morgan fingerprint density at radius 3 is 2.43 bits per heavy atom. The summed E-state index contributed by atoms with van der Waals surface area (Å²) >= 11 is 1.30. The summed E-state index contributed by atoms with van der Waals surface area (Å²) in [6.07, 6.45) is 0. The molecule has 0 unspecified atom stereocenters. The number of benzene rings is 1. The lowest BCUT2D eigenvalue weighted by Crippen LogP contribution is -2.13. The summed E-state index contributed by atoms with van der Waals surface area (Å²) < 4.78 is 52.6. The molecule has 2 N–H and O–H groups in total. The molecule has 0 saturated heterocycles. The van der Waals surface area contributed by atoms with E-state index in [0.29, 0.717) is 12.6 Å². The highest BCUT2D eigenvalue weighted by Crippen LogP contribution is 2.23. The lowest BCUT2D eigenvalue weighted by Gasteiger charge is -2.06. The topological polar surface area (TPSA) is 58.2 Å². The number of anilines is 1. The molecule has 0 aliphatic carbocycles. The minimum absolute atomic E-state index is 0.0741. The summed E-state index contributed by atoms with van der Waals surface area (Å²) in [7, 11) is -3.85. The number of hydrogen-bond acceptors (Lipinski definition) is 4. The van der Waals surface area contributed by atoms with Crippen LogP contribution in [0.1, 0.15) is 11.8 Å². The first-order chi connectivity index (χ1) is 9.90. The third kappa shape index (κ3) is 4.23. The van der Waals surface area contributed by atoms with Gasteiger partial charge in [0.15, 0.2) is 0 Å². The van der Waals surface area contributed by atoms with Gasteiger partial charge in [-0.05, 0) is 24.7 Å². The maximum absolute atomic E-state index is 13.1. The fraction of sp³-hybridized carbons (Fsp3) is 0.231. The van der Waals surface area contributed by atoms with Gasteiger partial charge in [-0.2, -0.15) is 0 Å². The van der Waals surface area contributed by atoms with E-state index < -0.39 is 21.7 Å². The van der Waals surface area contributed by atoms with Crippen molar-refractivity contribution in [3.05, 3.63) is 46.2 Å². The van der Waals surface area contributed by atoms with Crippen molar-refractivity contribution in [2.24, 2.45) is 0 Å². The van der Waals surface area contributed by atoms with Crippen LogP contribution in [0.2, 0.25) is 0 Å². The van der Waals surface area contributed by atoms with E-state index in [4.69, 9.17) is 0 Å². The highest BCUT2D eigenvalue weighted by Gasteiger charge is 2.17. The molecule has 0 bridgehead atoms. The van der Waals surface area contributed by atoms with Gasteiger partial charge in [0.2, 0.25) is 0 Å². The lowest BCUT2D eigenvalue weighted by atomic mass is 10.3. The highest BCUT2D eigenvalue weighted by molar-refractivity contribution is 7.92. The average Bonchev–Trinajstić information content (AvgIpc) is 2.84. The molecule has 0 amide bonds. The number of halogens is 2. The molecule has 1 aromatic heterocycles. The molecule has 0 atom stereocenters. The zero-order valence-electron chi connectivity index (χ0n) is 11.2. The van der Waals surface area contributed by atoms with Crippen LogP contribution in [0.3, 0.4) is 0 Å². The van der Waals surface area contributed by atoms with E-state index >= 15 is 0 Å². The second kappa shape index (κ2) is 6.50. The molecule has 1 aromatic carbocycles. The van der Waals surface area contributed by atoms with E-state index in [1.807, 2.05) is 6.92 Å². The Morgan fingerprint density at radius 2 is 1.81 bits per heavy atom. The maximum Gasteiger partial charge on any atom is 0.262 e. The monoisotopic (exact) mass is 332 g/mol. The van der Waals surface area contributed by atoms with Crippen LogP contribution in [-0.2, 0) is 16.6 Å². The van der Waals surface area contributed by atoms with Gasteiger partial charge in [0.05, 0.1) is 10.6 Å². The fourth-order valence-electron chi connectivity index (χ4n) is 1.67. The smallest absolute Gasteiger partial charge is 0.262 e. The predicted molar refractivity (Wildman–Crippen MR) is 78.9 cm³/mol. The lowest BCUT2D eigenvalue weighted by molar-refractivity contribution is 0.584. The first-order valence-electron chi connectivity index (χ1n) is 6.18. The molecule has 114 valence electrons. The van der Waals surface area contributed by atoms with E-state index in [0.717, 1.165) is 23.6 Å². The van der Waals surface area contributed by atoms with Crippen LogP contribution in [0, 0.1) is 11.6 Å². The number of hydrogen-bond donors (Lipinski definition) is 2. The predicted octanol–water partition coefficient (Wildman–Crippen LogP) is 2.94. The Balaban J connectivity index is 2.19.